The van der Waals surface area contributed by atoms with E-state index in [0.717, 1.165) is 0 Å². The van der Waals surface area contributed by atoms with Crippen LogP contribution in [0.4, 0.5) is 9.59 Å². The number of carbonyl (C=O) groups is 2. The Morgan fingerprint density at radius 1 is 0.769 bits per heavy atom. The third kappa shape index (κ3) is 3.90. The maximum atomic E-state index is 11.9. The largest absolute Gasteiger partial charge is 0.490 e. The quantitative estimate of drug-likeness (QED) is 0.820. The Morgan fingerprint density at radius 3 is 1.46 bits per heavy atom. The molecule has 0 bridgehead atoms. The van der Waals surface area contributed by atoms with Gasteiger partial charge in [-0.1, -0.05) is 24.3 Å². The molecule has 2 rings (SSSR count). The summed E-state index contributed by atoms with van der Waals surface area (Å²) in [4.78, 5) is 23.9. The number of hydrogen-bond donors (Lipinski definition) is 2. The van der Waals surface area contributed by atoms with Crippen LogP contribution in [0, 0.1) is 0 Å². The first-order valence-electron chi connectivity index (χ1n) is 8.15. The van der Waals surface area contributed by atoms with E-state index in [0.29, 0.717) is 23.9 Å². The monoisotopic (exact) mass is 362 g/mol. The number of amides is 2. The third-order valence-electron chi connectivity index (χ3n) is 3.47. The molecule has 0 aliphatic carbocycles. The average molecular weight is 362 g/mol. The number of nitrogens with one attached hydrogen (secondary N) is 2. The number of benzene rings is 2. The van der Waals surface area contributed by atoms with Crippen LogP contribution >= 0.6 is 0 Å². The van der Waals surface area contributed by atoms with Crippen molar-refractivity contribution in [3.63, 3.8) is 0 Å². The second-order valence-corrected chi connectivity index (χ2v) is 5.11. The minimum Gasteiger partial charge on any atom is -0.490 e. The lowest BCUT2D eigenvalue weighted by molar-refractivity contribution is 0.195. The van der Waals surface area contributed by atoms with Gasteiger partial charge in [0.1, 0.15) is 0 Å². The summed E-state index contributed by atoms with van der Waals surface area (Å²) >= 11 is 0. The molecule has 0 saturated carbocycles. The molecular weight excluding hydrogens is 340 g/mol. The maximum Gasteiger partial charge on any atom is 0.412 e. The molecule has 0 saturated heterocycles. The Labute approximate surface area is 151 Å². The number of methoxy groups -OCH3 is 2. The molecule has 2 aromatic rings. The van der Waals surface area contributed by atoms with Crippen LogP contribution in [0.2, 0.25) is 0 Å². The summed E-state index contributed by atoms with van der Waals surface area (Å²) in [7, 11) is 2.82. The lowest BCUT2D eigenvalue weighted by Crippen LogP contribution is -2.27. The minimum absolute atomic E-state index is 0.150. The summed E-state index contributed by atoms with van der Waals surface area (Å²) in [6, 6.07) is 7.01. The molecule has 26 heavy (non-hydrogen) atoms. The normalized spacial score (nSPS) is 10.2. The molecule has 0 aliphatic rings. The molecule has 2 N–H and O–H groups in total. The lowest BCUT2D eigenvalue weighted by atomic mass is 10.1. The standard InChI is InChI=1S/C18H22N2O6/c1-5-19-17(21)25-13-11-9-7-8-10-12(11)14(26-18(22)20-6-2)16(24-4)15(13)23-3/h7-10H,5-6H2,1-4H3,(H,19,21)(H,20,22). The average Bonchev–Trinajstić information content (AvgIpc) is 2.63. The highest BCUT2D eigenvalue weighted by Crippen LogP contribution is 2.51. The fraction of sp³-hybridized carbons (Fsp3) is 0.333. The Kier molecular flexibility index (Phi) is 6.48. The van der Waals surface area contributed by atoms with Crippen molar-refractivity contribution in [2.75, 3.05) is 27.3 Å². The molecule has 0 atom stereocenters. The Morgan fingerprint density at radius 2 is 1.15 bits per heavy atom. The van der Waals surface area contributed by atoms with Gasteiger partial charge in [0.05, 0.1) is 14.2 Å². The van der Waals surface area contributed by atoms with Crippen molar-refractivity contribution in [1.29, 1.82) is 0 Å². The predicted octanol–water partition coefficient (Wildman–Crippen LogP) is 3.07. The number of rotatable bonds is 6. The van der Waals surface area contributed by atoms with Crippen molar-refractivity contribution in [1.82, 2.24) is 10.6 Å². The van der Waals surface area contributed by atoms with Gasteiger partial charge in [0.2, 0.25) is 11.5 Å². The van der Waals surface area contributed by atoms with E-state index in [1.165, 1.54) is 14.2 Å². The van der Waals surface area contributed by atoms with Gasteiger partial charge in [0.25, 0.3) is 0 Å². The summed E-state index contributed by atoms with van der Waals surface area (Å²) in [6.45, 7) is 4.38. The molecule has 8 heteroatoms. The molecule has 0 aliphatic heterocycles. The topological polar surface area (TPSA) is 95.1 Å². The maximum absolute atomic E-state index is 11.9. The van der Waals surface area contributed by atoms with Gasteiger partial charge < -0.3 is 29.6 Å². The molecule has 0 aromatic heterocycles. The fourth-order valence-corrected chi connectivity index (χ4v) is 2.45. The van der Waals surface area contributed by atoms with Gasteiger partial charge in [0.15, 0.2) is 11.5 Å². The molecule has 140 valence electrons. The van der Waals surface area contributed by atoms with E-state index in [1.54, 1.807) is 38.1 Å². The van der Waals surface area contributed by atoms with E-state index < -0.39 is 12.2 Å². The van der Waals surface area contributed by atoms with E-state index in [2.05, 4.69) is 10.6 Å². The van der Waals surface area contributed by atoms with Crippen molar-refractivity contribution in [3.8, 4) is 23.0 Å². The van der Waals surface area contributed by atoms with Gasteiger partial charge in [-0.05, 0) is 13.8 Å². The summed E-state index contributed by atoms with van der Waals surface area (Å²) in [5.41, 5.74) is 0. The smallest absolute Gasteiger partial charge is 0.412 e. The fourth-order valence-electron chi connectivity index (χ4n) is 2.45. The second-order valence-electron chi connectivity index (χ2n) is 5.11. The Hall–Kier alpha value is -3.16. The molecule has 8 nitrogen and oxygen atoms in total. The van der Waals surface area contributed by atoms with E-state index in [1.807, 2.05) is 0 Å². The van der Waals surface area contributed by atoms with Crippen LogP contribution in [0.5, 0.6) is 23.0 Å². The van der Waals surface area contributed by atoms with Crippen LogP contribution in [0.15, 0.2) is 24.3 Å². The summed E-state index contributed by atoms with van der Waals surface area (Å²) in [5.74, 6) is 0.650. The summed E-state index contributed by atoms with van der Waals surface area (Å²) in [6.07, 6.45) is -1.26. The Balaban J connectivity index is 2.69. The van der Waals surface area contributed by atoms with Gasteiger partial charge in [-0.15, -0.1) is 0 Å². The molecular formula is C18H22N2O6. The molecule has 0 unspecified atom stereocenters. The van der Waals surface area contributed by atoms with Gasteiger partial charge in [0, 0.05) is 23.9 Å². The minimum atomic E-state index is -0.629. The molecule has 0 radical (unpaired) electrons. The van der Waals surface area contributed by atoms with Crippen molar-refractivity contribution < 1.29 is 28.5 Å². The van der Waals surface area contributed by atoms with Crippen molar-refractivity contribution in [2.24, 2.45) is 0 Å². The first-order valence-corrected chi connectivity index (χ1v) is 8.15. The summed E-state index contributed by atoms with van der Waals surface area (Å²) in [5, 5.41) is 6.19. The highest BCUT2D eigenvalue weighted by Gasteiger charge is 2.26. The van der Waals surface area contributed by atoms with Crippen LogP contribution in [0.1, 0.15) is 13.8 Å². The SMILES string of the molecule is CCNC(=O)Oc1c(OC)c(OC)c(OC(=O)NCC)c2ccccc12. The number of ether oxygens (including phenoxy) is 4. The zero-order valence-electron chi connectivity index (χ0n) is 15.2. The highest BCUT2D eigenvalue weighted by atomic mass is 16.6. The molecule has 0 fully saturated rings. The number of fused-ring (bicyclic) bond motifs is 1. The van der Waals surface area contributed by atoms with Gasteiger partial charge in [-0.2, -0.15) is 0 Å². The molecule has 2 aromatic carbocycles. The number of carbonyl (C=O) groups excluding carboxylic acids is 2. The second kappa shape index (κ2) is 8.80. The Bertz CT molecular complexity index is 739. The van der Waals surface area contributed by atoms with Gasteiger partial charge in [-0.25, -0.2) is 9.59 Å². The first kappa shape index (κ1) is 19.2. The van der Waals surface area contributed by atoms with E-state index in [9.17, 15) is 9.59 Å². The number of hydrogen-bond acceptors (Lipinski definition) is 6. The van der Waals surface area contributed by atoms with Gasteiger partial charge in [-0.3, -0.25) is 0 Å². The third-order valence-corrected chi connectivity index (χ3v) is 3.47. The van der Waals surface area contributed by atoms with Crippen molar-refractivity contribution in [2.45, 2.75) is 13.8 Å². The van der Waals surface area contributed by atoms with E-state index >= 15 is 0 Å². The van der Waals surface area contributed by atoms with Crippen LogP contribution < -0.4 is 29.6 Å². The van der Waals surface area contributed by atoms with E-state index in [-0.39, 0.29) is 23.0 Å². The summed E-state index contributed by atoms with van der Waals surface area (Å²) < 4.78 is 21.6. The zero-order valence-corrected chi connectivity index (χ0v) is 15.2. The zero-order chi connectivity index (χ0) is 19.1. The molecule has 0 spiro atoms. The molecule has 2 amide bonds. The van der Waals surface area contributed by atoms with Crippen LogP contribution in [-0.2, 0) is 0 Å². The van der Waals surface area contributed by atoms with Crippen molar-refractivity contribution >= 4 is 23.0 Å². The highest BCUT2D eigenvalue weighted by molar-refractivity contribution is 6.01. The van der Waals surface area contributed by atoms with E-state index in [4.69, 9.17) is 18.9 Å². The predicted molar refractivity (Wildman–Crippen MR) is 96.5 cm³/mol. The van der Waals surface area contributed by atoms with Crippen LogP contribution in [0.25, 0.3) is 10.8 Å². The lowest BCUT2D eigenvalue weighted by Gasteiger charge is -2.19. The molecule has 0 heterocycles. The first-order chi connectivity index (χ1) is 12.6. The van der Waals surface area contributed by atoms with Gasteiger partial charge >= 0.3 is 12.2 Å². The van der Waals surface area contributed by atoms with Crippen LogP contribution in [0.3, 0.4) is 0 Å². The van der Waals surface area contributed by atoms with Crippen LogP contribution in [-0.4, -0.2) is 39.5 Å². The van der Waals surface area contributed by atoms with Crippen molar-refractivity contribution in [3.05, 3.63) is 24.3 Å².